The van der Waals surface area contributed by atoms with Crippen LogP contribution in [0.2, 0.25) is 0 Å². The zero-order chi connectivity index (χ0) is 18.0. The highest BCUT2D eigenvalue weighted by molar-refractivity contribution is 7.19. The molecule has 2 fully saturated rings. The highest BCUT2D eigenvalue weighted by Crippen LogP contribution is 2.44. The topological polar surface area (TPSA) is 57.5 Å². The number of aryl methyl sites for hydroxylation is 1. The molecule has 136 valence electrons. The van der Waals surface area contributed by atoms with E-state index in [4.69, 9.17) is 0 Å². The van der Waals surface area contributed by atoms with E-state index in [9.17, 15) is 14.3 Å². The Labute approximate surface area is 153 Å². The van der Waals surface area contributed by atoms with Crippen molar-refractivity contribution >= 4 is 38.1 Å². The number of hydrogen-bond donors (Lipinski definition) is 2. The Morgan fingerprint density at radius 1 is 1.27 bits per heavy atom. The summed E-state index contributed by atoms with van der Waals surface area (Å²) >= 11 is 1.44. The molecule has 0 unspecified atom stereocenters. The predicted octanol–water partition coefficient (Wildman–Crippen LogP) is 3.11. The molecular weight excluding hydrogens is 353 g/mol. The fourth-order valence-corrected chi connectivity index (χ4v) is 5.04. The van der Waals surface area contributed by atoms with E-state index in [-0.39, 0.29) is 17.0 Å². The molecule has 1 saturated carbocycles. The van der Waals surface area contributed by atoms with E-state index in [1.54, 1.807) is 0 Å². The van der Waals surface area contributed by atoms with Crippen LogP contribution < -0.4 is 15.6 Å². The lowest BCUT2D eigenvalue weighted by atomic mass is 10.1. The number of rotatable bonds is 2. The van der Waals surface area contributed by atoms with Crippen molar-refractivity contribution in [2.24, 2.45) is 0 Å². The van der Waals surface area contributed by atoms with Crippen molar-refractivity contribution in [3.63, 3.8) is 0 Å². The van der Waals surface area contributed by atoms with Gasteiger partial charge < -0.3 is 19.9 Å². The molecule has 3 aromatic rings. The first-order valence-electron chi connectivity index (χ1n) is 9.01. The van der Waals surface area contributed by atoms with Gasteiger partial charge in [0.05, 0.1) is 16.6 Å². The summed E-state index contributed by atoms with van der Waals surface area (Å²) in [5.74, 6) is -0.331. The molecule has 1 aliphatic carbocycles. The summed E-state index contributed by atoms with van der Waals surface area (Å²) in [6, 6.07) is 3.51. The van der Waals surface area contributed by atoms with Gasteiger partial charge in [-0.25, -0.2) is 4.39 Å². The lowest BCUT2D eigenvalue weighted by Crippen LogP contribution is -2.43. The summed E-state index contributed by atoms with van der Waals surface area (Å²) < 4.78 is 17.0. The quantitative estimate of drug-likeness (QED) is 0.725. The summed E-state index contributed by atoms with van der Waals surface area (Å²) in [6.45, 7) is 4.95. The second-order valence-corrected chi connectivity index (χ2v) is 8.38. The van der Waals surface area contributed by atoms with Crippen LogP contribution in [0.5, 0.6) is 5.75 Å². The molecule has 0 bridgehead atoms. The number of aromatic nitrogens is 1. The first-order chi connectivity index (χ1) is 12.6. The van der Waals surface area contributed by atoms with Crippen molar-refractivity contribution in [2.75, 3.05) is 31.1 Å². The van der Waals surface area contributed by atoms with Gasteiger partial charge in [-0.2, -0.15) is 0 Å². The minimum absolute atomic E-state index is 0.0397. The third kappa shape index (κ3) is 2.27. The monoisotopic (exact) mass is 373 g/mol. The van der Waals surface area contributed by atoms with Crippen molar-refractivity contribution < 1.29 is 9.50 Å². The maximum absolute atomic E-state index is 14.9. The molecule has 1 aliphatic heterocycles. The van der Waals surface area contributed by atoms with Crippen LogP contribution >= 0.6 is 11.3 Å². The first-order valence-corrected chi connectivity index (χ1v) is 9.83. The summed E-state index contributed by atoms with van der Waals surface area (Å²) in [6.07, 6.45) is 2.09. The van der Waals surface area contributed by atoms with Gasteiger partial charge in [0.1, 0.15) is 16.4 Å². The number of nitrogens with zero attached hydrogens (tertiary/aromatic N) is 2. The predicted molar refractivity (Wildman–Crippen MR) is 103 cm³/mol. The second-order valence-electron chi connectivity index (χ2n) is 7.18. The van der Waals surface area contributed by atoms with Gasteiger partial charge in [-0.15, -0.1) is 11.3 Å². The lowest BCUT2D eigenvalue weighted by Gasteiger charge is -2.30. The molecule has 0 amide bonds. The Morgan fingerprint density at radius 2 is 2.00 bits per heavy atom. The van der Waals surface area contributed by atoms with Crippen molar-refractivity contribution in [1.29, 1.82) is 0 Å². The number of thiophene rings is 1. The first kappa shape index (κ1) is 16.1. The molecule has 26 heavy (non-hydrogen) atoms. The van der Waals surface area contributed by atoms with E-state index >= 15 is 0 Å². The molecular formula is C19H20FN3O2S. The average molecular weight is 373 g/mol. The molecule has 5 nitrogen and oxygen atoms in total. The van der Waals surface area contributed by atoms with E-state index in [0.29, 0.717) is 22.5 Å². The highest BCUT2D eigenvalue weighted by Gasteiger charge is 2.30. The van der Waals surface area contributed by atoms with Gasteiger partial charge in [-0.3, -0.25) is 4.79 Å². The average Bonchev–Trinajstić information content (AvgIpc) is 3.43. The molecule has 0 radical (unpaired) electrons. The van der Waals surface area contributed by atoms with Crippen LogP contribution in [-0.4, -0.2) is 35.9 Å². The van der Waals surface area contributed by atoms with E-state index in [1.165, 1.54) is 17.4 Å². The van der Waals surface area contributed by atoms with Gasteiger partial charge in [0, 0.05) is 42.5 Å². The number of halogens is 1. The fraction of sp³-hybridized carbons (Fsp3) is 0.421. The van der Waals surface area contributed by atoms with Crippen LogP contribution in [-0.2, 0) is 0 Å². The molecule has 5 rings (SSSR count). The number of nitrogens with one attached hydrogen (secondary N) is 1. The molecule has 0 spiro atoms. The Bertz CT molecular complexity index is 1090. The van der Waals surface area contributed by atoms with Crippen molar-refractivity contribution in [3.8, 4) is 5.75 Å². The van der Waals surface area contributed by atoms with Gasteiger partial charge in [0.15, 0.2) is 0 Å². The van der Waals surface area contributed by atoms with Gasteiger partial charge in [-0.05, 0) is 31.9 Å². The summed E-state index contributed by atoms with van der Waals surface area (Å²) in [7, 11) is 0. The number of hydrogen-bond acceptors (Lipinski definition) is 5. The number of benzene rings is 1. The van der Waals surface area contributed by atoms with Crippen LogP contribution in [0.1, 0.15) is 23.8 Å². The Balaban J connectivity index is 1.86. The lowest BCUT2D eigenvalue weighted by molar-refractivity contribution is 0.480. The number of piperazine rings is 1. The second kappa shape index (κ2) is 5.69. The normalized spacial score (nSPS) is 18.2. The number of aromatic hydroxyl groups is 1. The van der Waals surface area contributed by atoms with Crippen molar-refractivity contribution in [2.45, 2.75) is 25.8 Å². The Morgan fingerprint density at radius 3 is 2.69 bits per heavy atom. The van der Waals surface area contributed by atoms with E-state index < -0.39 is 0 Å². The summed E-state index contributed by atoms with van der Waals surface area (Å²) in [5, 5.41) is 14.3. The zero-order valence-electron chi connectivity index (χ0n) is 14.5. The SMILES string of the molecule is Cc1sc2c(c1O)c(=O)c1cc(F)c(N3CCNCC3)cc1n2C1CC1. The minimum Gasteiger partial charge on any atom is -0.506 e. The smallest absolute Gasteiger partial charge is 0.201 e. The number of pyridine rings is 1. The van der Waals surface area contributed by atoms with Crippen LogP contribution in [0.15, 0.2) is 16.9 Å². The van der Waals surface area contributed by atoms with Crippen molar-refractivity contribution in [1.82, 2.24) is 9.88 Å². The van der Waals surface area contributed by atoms with E-state index in [0.717, 1.165) is 54.2 Å². The maximum Gasteiger partial charge on any atom is 0.201 e. The molecule has 1 aromatic carbocycles. The molecule has 2 aliphatic rings. The fourth-order valence-electron chi connectivity index (χ4n) is 3.92. The largest absolute Gasteiger partial charge is 0.506 e. The van der Waals surface area contributed by atoms with Crippen LogP contribution in [0, 0.1) is 12.7 Å². The third-order valence-electron chi connectivity index (χ3n) is 5.42. The molecule has 0 atom stereocenters. The van der Waals surface area contributed by atoms with Gasteiger partial charge in [-0.1, -0.05) is 0 Å². The van der Waals surface area contributed by atoms with Crippen molar-refractivity contribution in [3.05, 3.63) is 33.1 Å². The molecule has 3 heterocycles. The summed E-state index contributed by atoms with van der Waals surface area (Å²) in [5.41, 5.74) is 1.06. The Kier molecular flexibility index (Phi) is 3.52. The molecule has 2 N–H and O–H groups in total. The zero-order valence-corrected chi connectivity index (χ0v) is 15.3. The van der Waals surface area contributed by atoms with Gasteiger partial charge in [0.2, 0.25) is 5.43 Å². The number of fused-ring (bicyclic) bond motifs is 2. The van der Waals surface area contributed by atoms with Gasteiger partial charge >= 0.3 is 0 Å². The van der Waals surface area contributed by atoms with Crippen LogP contribution in [0.25, 0.3) is 21.1 Å². The maximum atomic E-state index is 14.9. The molecule has 1 saturated heterocycles. The van der Waals surface area contributed by atoms with Crippen LogP contribution in [0.4, 0.5) is 10.1 Å². The standard InChI is InChI=1S/C19H20FN3O2S/c1-10-17(24)16-18(25)12-8-13(20)15(22-6-4-21-5-7-22)9-14(12)23(11-2-3-11)19(16)26-10/h8-9,11,21,24H,2-7H2,1H3. The van der Waals surface area contributed by atoms with Gasteiger partial charge in [0.25, 0.3) is 0 Å². The molecule has 2 aromatic heterocycles. The highest BCUT2D eigenvalue weighted by atomic mass is 32.1. The number of anilines is 1. The van der Waals surface area contributed by atoms with E-state index in [1.807, 2.05) is 17.9 Å². The minimum atomic E-state index is -0.371. The third-order valence-corrected chi connectivity index (χ3v) is 6.51. The Hall–Kier alpha value is -2.12. The summed E-state index contributed by atoms with van der Waals surface area (Å²) in [4.78, 5) is 16.6. The van der Waals surface area contributed by atoms with E-state index in [2.05, 4.69) is 9.88 Å². The molecule has 7 heteroatoms. The van der Waals surface area contributed by atoms with Crippen LogP contribution in [0.3, 0.4) is 0 Å².